The average Bonchev–Trinajstić information content (AvgIpc) is 2.56. The van der Waals surface area contributed by atoms with Crippen molar-refractivity contribution < 1.29 is 8.42 Å². The minimum absolute atomic E-state index is 0.0868. The van der Waals surface area contributed by atoms with Crippen molar-refractivity contribution in [3.05, 3.63) is 16.4 Å². The van der Waals surface area contributed by atoms with Gasteiger partial charge in [-0.3, -0.25) is 4.68 Å². The van der Waals surface area contributed by atoms with E-state index in [2.05, 4.69) is 5.10 Å². The smallest absolute Gasteiger partial charge is 0.158 e. The average molecular weight is 294 g/mol. The Hall–Kier alpha value is -0.590. The molecule has 0 fully saturated rings. The second-order valence-electron chi connectivity index (χ2n) is 4.38. The minimum Gasteiger partial charge on any atom is -0.330 e. The lowest BCUT2D eigenvalue weighted by Gasteiger charge is -2.12. The standard InChI is InChI=1S/C11H20ClN3O2S/c1-4-9-11(12)10(15(3)14-9)7-18(16,17)8(2)5-6-13/h8H,4-7,13H2,1-3H3. The van der Waals surface area contributed by atoms with Crippen LogP contribution in [0.5, 0.6) is 0 Å². The number of hydrogen-bond donors (Lipinski definition) is 1. The molecule has 0 aliphatic carbocycles. The molecule has 1 unspecified atom stereocenters. The fraction of sp³-hybridized carbons (Fsp3) is 0.727. The Morgan fingerprint density at radius 1 is 1.50 bits per heavy atom. The van der Waals surface area contributed by atoms with Gasteiger partial charge in [0.25, 0.3) is 0 Å². The van der Waals surface area contributed by atoms with E-state index >= 15 is 0 Å². The summed E-state index contributed by atoms with van der Waals surface area (Å²) in [5.74, 6) is -0.0868. The number of hydrogen-bond acceptors (Lipinski definition) is 4. The highest BCUT2D eigenvalue weighted by Crippen LogP contribution is 2.24. The van der Waals surface area contributed by atoms with Crippen LogP contribution in [-0.4, -0.2) is 30.0 Å². The Morgan fingerprint density at radius 3 is 2.56 bits per heavy atom. The number of aromatic nitrogens is 2. The Kier molecular flexibility index (Phi) is 5.19. The van der Waals surface area contributed by atoms with E-state index in [1.54, 1.807) is 18.7 Å². The highest BCUT2D eigenvalue weighted by molar-refractivity contribution is 7.91. The zero-order chi connectivity index (χ0) is 13.9. The highest BCUT2D eigenvalue weighted by Gasteiger charge is 2.25. The van der Waals surface area contributed by atoms with Crippen LogP contribution in [0.2, 0.25) is 5.02 Å². The zero-order valence-electron chi connectivity index (χ0n) is 11.0. The number of nitrogens with zero attached hydrogens (tertiary/aromatic N) is 2. The molecule has 0 saturated heterocycles. The molecule has 2 N–H and O–H groups in total. The van der Waals surface area contributed by atoms with Gasteiger partial charge in [-0.15, -0.1) is 0 Å². The molecule has 0 saturated carbocycles. The van der Waals surface area contributed by atoms with Crippen molar-refractivity contribution >= 4 is 21.4 Å². The SMILES string of the molecule is CCc1nn(C)c(CS(=O)(=O)C(C)CCN)c1Cl. The normalized spacial score (nSPS) is 13.8. The van der Waals surface area contributed by atoms with E-state index in [0.29, 0.717) is 30.1 Å². The van der Waals surface area contributed by atoms with Gasteiger partial charge in [-0.05, 0) is 26.3 Å². The number of nitrogens with two attached hydrogens (primary N) is 1. The molecule has 0 aliphatic heterocycles. The van der Waals surface area contributed by atoms with Crippen LogP contribution in [0.3, 0.4) is 0 Å². The quantitative estimate of drug-likeness (QED) is 0.857. The Morgan fingerprint density at radius 2 is 2.11 bits per heavy atom. The molecule has 0 amide bonds. The first-order chi connectivity index (χ1) is 8.33. The van der Waals surface area contributed by atoms with E-state index in [9.17, 15) is 8.42 Å². The first-order valence-electron chi connectivity index (χ1n) is 5.95. The lowest BCUT2D eigenvalue weighted by atomic mass is 10.3. The van der Waals surface area contributed by atoms with Crippen LogP contribution in [0.15, 0.2) is 0 Å². The van der Waals surface area contributed by atoms with E-state index < -0.39 is 15.1 Å². The highest BCUT2D eigenvalue weighted by atomic mass is 35.5. The van der Waals surface area contributed by atoms with Crippen molar-refractivity contribution in [3.8, 4) is 0 Å². The van der Waals surface area contributed by atoms with Crippen LogP contribution in [0.1, 0.15) is 31.7 Å². The Balaban J connectivity index is 3.01. The van der Waals surface area contributed by atoms with Gasteiger partial charge >= 0.3 is 0 Å². The van der Waals surface area contributed by atoms with Crippen LogP contribution in [0, 0.1) is 0 Å². The van der Waals surface area contributed by atoms with Gasteiger partial charge in [0, 0.05) is 7.05 Å². The maximum Gasteiger partial charge on any atom is 0.158 e. The molecule has 7 heteroatoms. The molecule has 5 nitrogen and oxygen atoms in total. The summed E-state index contributed by atoms with van der Waals surface area (Å²) in [6.07, 6.45) is 1.14. The fourth-order valence-corrected chi connectivity index (χ4v) is 3.66. The third-order valence-corrected chi connectivity index (χ3v) is 5.60. The molecular formula is C11H20ClN3O2S. The second-order valence-corrected chi connectivity index (χ2v) is 7.18. The largest absolute Gasteiger partial charge is 0.330 e. The molecule has 0 spiro atoms. The number of sulfone groups is 1. The van der Waals surface area contributed by atoms with E-state index in [0.717, 1.165) is 5.69 Å². The molecule has 104 valence electrons. The molecule has 0 bridgehead atoms. The van der Waals surface area contributed by atoms with Gasteiger partial charge in [-0.2, -0.15) is 5.10 Å². The number of halogens is 1. The molecule has 0 aromatic carbocycles. The molecule has 1 atom stereocenters. The van der Waals surface area contributed by atoms with Crippen molar-refractivity contribution in [2.45, 2.75) is 37.7 Å². The topological polar surface area (TPSA) is 78.0 Å². The Labute approximate surface area is 113 Å². The van der Waals surface area contributed by atoms with Crippen LogP contribution >= 0.6 is 11.6 Å². The molecule has 1 rings (SSSR count). The summed E-state index contributed by atoms with van der Waals surface area (Å²) in [6, 6.07) is 0. The van der Waals surface area contributed by atoms with Gasteiger partial charge in [-0.1, -0.05) is 18.5 Å². The van der Waals surface area contributed by atoms with Crippen molar-refractivity contribution in [2.75, 3.05) is 6.54 Å². The van der Waals surface area contributed by atoms with Crippen molar-refractivity contribution in [2.24, 2.45) is 12.8 Å². The molecular weight excluding hydrogens is 274 g/mol. The van der Waals surface area contributed by atoms with Crippen molar-refractivity contribution in [1.82, 2.24) is 9.78 Å². The monoisotopic (exact) mass is 293 g/mol. The fourth-order valence-electron chi connectivity index (χ4n) is 1.72. The first-order valence-corrected chi connectivity index (χ1v) is 8.04. The third-order valence-electron chi connectivity index (χ3n) is 3.03. The summed E-state index contributed by atoms with van der Waals surface area (Å²) in [5, 5.41) is 4.22. The first kappa shape index (κ1) is 15.5. The van der Waals surface area contributed by atoms with E-state index in [1.807, 2.05) is 6.92 Å². The molecule has 18 heavy (non-hydrogen) atoms. The lowest BCUT2D eigenvalue weighted by molar-refractivity contribution is 0.574. The minimum atomic E-state index is -3.24. The molecule has 0 aliphatic rings. The van der Waals surface area contributed by atoms with Crippen LogP contribution < -0.4 is 5.73 Å². The summed E-state index contributed by atoms with van der Waals surface area (Å²) in [7, 11) is -1.53. The third kappa shape index (κ3) is 3.24. The summed E-state index contributed by atoms with van der Waals surface area (Å²) < 4.78 is 25.8. The van der Waals surface area contributed by atoms with Gasteiger partial charge < -0.3 is 5.73 Å². The Bertz CT molecular complexity index is 511. The van der Waals surface area contributed by atoms with Crippen molar-refractivity contribution in [1.29, 1.82) is 0 Å². The van der Waals surface area contributed by atoms with Crippen LogP contribution in [-0.2, 0) is 29.1 Å². The van der Waals surface area contributed by atoms with Crippen LogP contribution in [0.4, 0.5) is 0 Å². The van der Waals surface area contributed by atoms with Gasteiger partial charge in [0.15, 0.2) is 9.84 Å². The predicted molar refractivity (Wildman–Crippen MR) is 73.4 cm³/mol. The molecule has 1 heterocycles. The van der Waals surface area contributed by atoms with Gasteiger partial charge in [0.2, 0.25) is 0 Å². The van der Waals surface area contributed by atoms with Gasteiger partial charge in [0.05, 0.1) is 27.4 Å². The number of rotatable bonds is 6. The molecule has 1 aromatic heterocycles. The zero-order valence-corrected chi connectivity index (χ0v) is 12.6. The van der Waals surface area contributed by atoms with Crippen molar-refractivity contribution in [3.63, 3.8) is 0 Å². The lowest BCUT2D eigenvalue weighted by Crippen LogP contribution is -2.23. The van der Waals surface area contributed by atoms with E-state index in [1.165, 1.54) is 0 Å². The summed E-state index contributed by atoms with van der Waals surface area (Å²) in [6.45, 7) is 3.97. The second kappa shape index (κ2) is 6.04. The molecule has 1 aromatic rings. The van der Waals surface area contributed by atoms with E-state index in [-0.39, 0.29) is 5.75 Å². The van der Waals surface area contributed by atoms with E-state index in [4.69, 9.17) is 17.3 Å². The maximum absolute atomic E-state index is 12.1. The predicted octanol–water partition coefficient (Wildman–Crippen LogP) is 1.29. The van der Waals surface area contributed by atoms with Gasteiger partial charge in [0.1, 0.15) is 0 Å². The molecule has 0 radical (unpaired) electrons. The summed E-state index contributed by atoms with van der Waals surface area (Å²) in [5.41, 5.74) is 6.68. The summed E-state index contributed by atoms with van der Waals surface area (Å²) in [4.78, 5) is 0. The van der Waals surface area contributed by atoms with Gasteiger partial charge in [-0.25, -0.2) is 8.42 Å². The van der Waals surface area contributed by atoms with Crippen LogP contribution in [0.25, 0.3) is 0 Å². The number of aryl methyl sites for hydroxylation is 2. The summed E-state index contributed by atoms with van der Waals surface area (Å²) >= 11 is 6.15. The maximum atomic E-state index is 12.1.